The third-order valence-electron chi connectivity index (χ3n) is 2.72. The number of carbonyl (C=O) groups excluding carboxylic acids is 2. The van der Waals surface area contributed by atoms with Gasteiger partial charge in [0.2, 0.25) is 11.8 Å². The zero-order valence-corrected chi connectivity index (χ0v) is 9.94. The molecule has 0 aromatic carbocycles. The van der Waals surface area contributed by atoms with Crippen LogP contribution in [0.15, 0.2) is 0 Å². The van der Waals surface area contributed by atoms with E-state index in [1.807, 2.05) is 6.07 Å². The number of ether oxygens (including phenoxy) is 1. The molecule has 0 radical (unpaired) electrons. The van der Waals surface area contributed by atoms with Gasteiger partial charge in [-0.05, 0) is 12.8 Å². The number of carbonyl (C=O) groups is 2. The molecule has 1 fully saturated rings. The van der Waals surface area contributed by atoms with Crippen LogP contribution in [0.3, 0.4) is 0 Å². The molecule has 0 spiro atoms. The molecule has 6 nitrogen and oxygen atoms in total. The molecule has 94 valence electrons. The third kappa shape index (κ3) is 4.41. The number of nitriles is 1. The van der Waals surface area contributed by atoms with Gasteiger partial charge in [-0.1, -0.05) is 0 Å². The Labute approximate surface area is 101 Å². The number of nitrogens with zero attached hydrogens (tertiary/aromatic N) is 2. The normalized spacial score (nSPS) is 16.4. The van der Waals surface area contributed by atoms with Crippen LogP contribution < -0.4 is 5.32 Å². The summed E-state index contributed by atoms with van der Waals surface area (Å²) in [5, 5.41) is 11.3. The average molecular weight is 239 g/mol. The van der Waals surface area contributed by atoms with E-state index in [0.29, 0.717) is 13.1 Å². The van der Waals surface area contributed by atoms with Crippen LogP contribution in [0, 0.1) is 11.3 Å². The predicted molar refractivity (Wildman–Crippen MR) is 59.9 cm³/mol. The molecular formula is C11H17N3O3. The van der Waals surface area contributed by atoms with Crippen molar-refractivity contribution < 1.29 is 14.3 Å². The third-order valence-corrected chi connectivity index (χ3v) is 2.72. The first-order valence-electron chi connectivity index (χ1n) is 5.60. The van der Waals surface area contributed by atoms with Gasteiger partial charge in [-0.15, -0.1) is 0 Å². The molecule has 0 aromatic heterocycles. The van der Waals surface area contributed by atoms with Gasteiger partial charge in [0.1, 0.15) is 13.0 Å². The van der Waals surface area contributed by atoms with Gasteiger partial charge in [0.25, 0.3) is 0 Å². The minimum absolute atomic E-state index is 0.0631. The highest BCUT2D eigenvalue weighted by atomic mass is 16.5. The van der Waals surface area contributed by atoms with E-state index in [2.05, 4.69) is 5.32 Å². The van der Waals surface area contributed by atoms with E-state index in [-0.39, 0.29) is 30.9 Å². The molecule has 1 aliphatic rings. The van der Waals surface area contributed by atoms with Crippen molar-refractivity contribution in [1.29, 1.82) is 5.26 Å². The molecule has 0 saturated carbocycles. The summed E-state index contributed by atoms with van der Waals surface area (Å²) in [5.41, 5.74) is 0. The summed E-state index contributed by atoms with van der Waals surface area (Å²) in [6.07, 6.45) is 1.39. The molecule has 1 N–H and O–H groups in total. The van der Waals surface area contributed by atoms with Crippen molar-refractivity contribution >= 4 is 11.8 Å². The summed E-state index contributed by atoms with van der Waals surface area (Å²) < 4.78 is 4.72. The molecule has 6 heteroatoms. The van der Waals surface area contributed by atoms with Gasteiger partial charge in [-0.2, -0.15) is 5.26 Å². The highest BCUT2D eigenvalue weighted by molar-refractivity contribution is 5.79. The number of hydrogen-bond donors (Lipinski definition) is 1. The Balaban J connectivity index is 2.28. The maximum absolute atomic E-state index is 11.4. The molecule has 1 heterocycles. The van der Waals surface area contributed by atoms with E-state index in [4.69, 9.17) is 10.00 Å². The van der Waals surface area contributed by atoms with Crippen molar-refractivity contribution in [1.82, 2.24) is 10.2 Å². The second kappa shape index (κ2) is 6.86. The predicted octanol–water partition coefficient (Wildman–Crippen LogP) is -0.346. The molecule has 2 amide bonds. The van der Waals surface area contributed by atoms with E-state index in [1.165, 1.54) is 7.11 Å². The van der Waals surface area contributed by atoms with E-state index < -0.39 is 0 Å². The molecule has 0 aliphatic carbocycles. The van der Waals surface area contributed by atoms with Crippen molar-refractivity contribution in [3.63, 3.8) is 0 Å². The summed E-state index contributed by atoms with van der Waals surface area (Å²) in [4.78, 5) is 24.4. The lowest BCUT2D eigenvalue weighted by Crippen LogP contribution is -2.47. The monoisotopic (exact) mass is 239 g/mol. The number of piperidine rings is 1. The molecule has 0 atom stereocenters. The fraction of sp³-hybridized carbons (Fsp3) is 0.727. The first-order valence-corrected chi connectivity index (χ1v) is 5.60. The van der Waals surface area contributed by atoms with Gasteiger partial charge in [0.05, 0.1) is 6.07 Å². The van der Waals surface area contributed by atoms with Crippen LogP contribution in [0.5, 0.6) is 0 Å². The molecular weight excluding hydrogens is 222 g/mol. The van der Waals surface area contributed by atoms with Crippen molar-refractivity contribution in [2.24, 2.45) is 0 Å². The van der Waals surface area contributed by atoms with Crippen LogP contribution in [0.2, 0.25) is 0 Å². The van der Waals surface area contributed by atoms with Crippen molar-refractivity contribution in [3.8, 4) is 6.07 Å². The van der Waals surface area contributed by atoms with Gasteiger partial charge < -0.3 is 15.0 Å². The standard InChI is InChI=1S/C11H17N3O3/c1-17-8-10(15)13-9-3-6-14(7-4-9)11(16)2-5-12/h9H,2-4,6-8H2,1H3,(H,13,15). The Morgan fingerprint density at radius 3 is 2.65 bits per heavy atom. The Hall–Kier alpha value is -1.61. The lowest BCUT2D eigenvalue weighted by atomic mass is 10.0. The smallest absolute Gasteiger partial charge is 0.246 e. The number of hydrogen-bond acceptors (Lipinski definition) is 4. The topological polar surface area (TPSA) is 82.4 Å². The Bertz CT molecular complexity index is 316. The highest BCUT2D eigenvalue weighted by Gasteiger charge is 2.23. The SMILES string of the molecule is COCC(=O)NC1CCN(C(=O)CC#N)CC1. The van der Waals surface area contributed by atoms with E-state index in [1.54, 1.807) is 4.90 Å². The first-order chi connectivity index (χ1) is 8.17. The zero-order chi connectivity index (χ0) is 12.7. The van der Waals surface area contributed by atoms with Gasteiger partial charge >= 0.3 is 0 Å². The van der Waals surface area contributed by atoms with E-state index in [9.17, 15) is 9.59 Å². The van der Waals surface area contributed by atoms with Crippen LogP contribution in [-0.2, 0) is 14.3 Å². The molecule has 0 bridgehead atoms. The first kappa shape index (κ1) is 13.5. The lowest BCUT2D eigenvalue weighted by Gasteiger charge is -2.31. The summed E-state index contributed by atoms with van der Waals surface area (Å²) in [5.74, 6) is -0.261. The molecule has 1 rings (SSSR count). The van der Waals surface area contributed by atoms with Gasteiger partial charge in [-0.3, -0.25) is 9.59 Å². The molecule has 1 aliphatic heterocycles. The fourth-order valence-corrected chi connectivity index (χ4v) is 1.85. The summed E-state index contributed by atoms with van der Waals surface area (Å²) in [6.45, 7) is 1.25. The van der Waals surface area contributed by atoms with Crippen LogP contribution in [-0.4, -0.2) is 49.6 Å². The number of methoxy groups -OCH3 is 1. The van der Waals surface area contributed by atoms with Crippen LogP contribution in [0.25, 0.3) is 0 Å². The quantitative estimate of drug-likeness (QED) is 0.727. The molecule has 17 heavy (non-hydrogen) atoms. The Morgan fingerprint density at radius 1 is 1.47 bits per heavy atom. The van der Waals surface area contributed by atoms with Gasteiger partial charge in [0.15, 0.2) is 0 Å². The number of likely N-dealkylation sites (tertiary alicyclic amines) is 1. The maximum atomic E-state index is 11.4. The van der Waals surface area contributed by atoms with Crippen LogP contribution in [0.1, 0.15) is 19.3 Å². The minimum atomic E-state index is -0.130. The van der Waals surface area contributed by atoms with E-state index >= 15 is 0 Å². The lowest BCUT2D eigenvalue weighted by molar-refractivity contribution is -0.131. The average Bonchev–Trinajstić information content (AvgIpc) is 2.30. The number of rotatable bonds is 4. The molecule has 0 aromatic rings. The van der Waals surface area contributed by atoms with Gasteiger partial charge in [0, 0.05) is 26.2 Å². The summed E-state index contributed by atoms with van der Waals surface area (Å²) in [6, 6.07) is 1.95. The second-order valence-electron chi connectivity index (χ2n) is 3.99. The van der Waals surface area contributed by atoms with Crippen LogP contribution in [0.4, 0.5) is 0 Å². The van der Waals surface area contributed by atoms with Gasteiger partial charge in [-0.25, -0.2) is 0 Å². The van der Waals surface area contributed by atoms with Crippen molar-refractivity contribution in [3.05, 3.63) is 0 Å². The fourth-order valence-electron chi connectivity index (χ4n) is 1.85. The van der Waals surface area contributed by atoms with Crippen LogP contribution >= 0.6 is 0 Å². The second-order valence-corrected chi connectivity index (χ2v) is 3.99. The van der Waals surface area contributed by atoms with E-state index in [0.717, 1.165) is 12.8 Å². The molecule has 0 unspecified atom stereocenters. The Morgan fingerprint density at radius 2 is 2.12 bits per heavy atom. The minimum Gasteiger partial charge on any atom is -0.375 e. The summed E-state index contributed by atoms with van der Waals surface area (Å²) >= 11 is 0. The van der Waals surface area contributed by atoms with Crippen molar-refractivity contribution in [2.45, 2.75) is 25.3 Å². The highest BCUT2D eigenvalue weighted by Crippen LogP contribution is 2.11. The number of nitrogens with one attached hydrogen (secondary N) is 1. The summed E-state index contributed by atoms with van der Waals surface area (Å²) in [7, 11) is 1.47. The number of amides is 2. The Kier molecular flexibility index (Phi) is 5.43. The zero-order valence-electron chi connectivity index (χ0n) is 9.94. The van der Waals surface area contributed by atoms with Crippen molar-refractivity contribution in [2.75, 3.05) is 26.8 Å². The largest absolute Gasteiger partial charge is 0.375 e. The maximum Gasteiger partial charge on any atom is 0.246 e. The molecule has 1 saturated heterocycles.